The van der Waals surface area contributed by atoms with Crippen LogP contribution < -0.4 is 5.32 Å². The second-order valence-electron chi connectivity index (χ2n) is 6.08. The first kappa shape index (κ1) is 15.3. The van der Waals surface area contributed by atoms with Gasteiger partial charge in [-0.1, -0.05) is 12.1 Å². The van der Waals surface area contributed by atoms with Crippen molar-refractivity contribution in [1.29, 1.82) is 0 Å². The molecular weight excluding hydrogens is 300 g/mol. The van der Waals surface area contributed by atoms with Crippen molar-refractivity contribution in [3.63, 3.8) is 0 Å². The Kier molecular flexibility index (Phi) is 3.94. The molecule has 1 aliphatic carbocycles. The highest BCUT2D eigenvalue weighted by molar-refractivity contribution is 5.96. The van der Waals surface area contributed by atoms with Crippen LogP contribution >= 0.6 is 0 Å². The predicted octanol–water partition coefficient (Wildman–Crippen LogP) is 2.70. The summed E-state index contributed by atoms with van der Waals surface area (Å²) >= 11 is 0. The van der Waals surface area contributed by atoms with Crippen molar-refractivity contribution in [1.82, 2.24) is 10.5 Å². The molecule has 0 bridgehead atoms. The van der Waals surface area contributed by atoms with Gasteiger partial charge in [0.2, 0.25) is 5.76 Å². The molecule has 7 heteroatoms. The fourth-order valence-electron chi connectivity index (χ4n) is 2.85. The normalized spacial score (nSPS) is 24.3. The summed E-state index contributed by atoms with van der Waals surface area (Å²) < 4.78 is 10.3. The molecular formula is C16H18N2O5. The van der Waals surface area contributed by atoms with Gasteiger partial charge in [0, 0.05) is 6.07 Å². The molecule has 0 saturated heterocycles. The van der Waals surface area contributed by atoms with E-state index in [4.69, 9.17) is 8.94 Å². The van der Waals surface area contributed by atoms with Gasteiger partial charge < -0.3 is 19.4 Å². The Labute approximate surface area is 132 Å². The average molecular weight is 318 g/mol. The zero-order valence-electron chi connectivity index (χ0n) is 12.7. The maximum atomic E-state index is 12.4. The van der Waals surface area contributed by atoms with E-state index in [0.29, 0.717) is 30.3 Å². The summed E-state index contributed by atoms with van der Waals surface area (Å²) in [5, 5.41) is 15.9. The molecule has 0 aromatic carbocycles. The summed E-state index contributed by atoms with van der Waals surface area (Å²) in [6.07, 6.45) is 3.85. The molecule has 0 aliphatic heterocycles. The lowest BCUT2D eigenvalue weighted by molar-refractivity contribution is -0.146. The Hall–Kier alpha value is -2.57. The Morgan fingerprint density at radius 1 is 1.35 bits per heavy atom. The Morgan fingerprint density at radius 3 is 2.70 bits per heavy atom. The fourth-order valence-corrected chi connectivity index (χ4v) is 2.85. The number of nitrogens with one attached hydrogen (secondary N) is 1. The van der Waals surface area contributed by atoms with Crippen LogP contribution in [0, 0.1) is 5.92 Å². The van der Waals surface area contributed by atoms with Gasteiger partial charge in [0.25, 0.3) is 5.91 Å². The number of aliphatic carboxylic acids is 1. The van der Waals surface area contributed by atoms with Gasteiger partial charge in [0.05, 0.1) is 6.26 Å². The summed E-state index contributed by atoms with van der Waals surface area (Å²) in [5.41, 5.74) is -1.19. The van der Waals surface area contributed by atoms with E-state index in [1.165, 1.54) is 12.3 Å². The summed E-state index contributed by atoms with van der Waals surface area (Å²) in [7, 11) is 0. The predicted molar refractivity (Wildman–Crippen MR) is 79.7 cm³/mol. The van der Waals surface area contributed by atoms with Gasteiger partial charge in [-0.2, -0.15) is 0 Å². The van der Waals surface area contributed by atoms with Gasteiger partial charge in [-0.15, -0.1) is 0 Å². The third-order valence-corrected chi connectivity index (χ3v) is 4.40. The molecule has 23 heavy (non-hydrogen) atoms. The number of hydrogen-bond acceptors (Lipinski definition) is 5. The molecule has 2 aromatic rings. The van der Waals surface area contributed by atoms with E-state index in [-0.39, 0.29) is 5.69 Å². The van der Waals surface area contributed by atoms with Gasteiger partial charge in [-0.3, -0.25) is 4.79 Å². The molecule has 1 saturated carbocycles. The highest BCUT2D eigenvalue weighted by Crippen LogP contribution is 2.32. The summed E-state index contributed by atoms with van der Waals surface area (Å²) in [6, 6.07) is 4.82. The Morgan fingerprint density at radius 2 is 2.09 bits per heavy atom. The largest absolute Gasteiger partial charge is 0.480 e. The lowest BCUT2D eigenvalue weighted by Gasteiger charge is -2.36. The van der Waals surface area contributed by atoms with E-state index in [0.717, 1.165) is 12.8 Å². The number of furan rings is 1. The maximum Gasteiger partial charge on any atom is 0.329 e. The number of carboxylic acid groups (broad SMARTS) is 1. The van der Waals surface area contributed by atoms with Crippen molar-refractivity contribution in [2.45, 2.75) is 38.1 Å². The monoisotopic (exact) mass is 318 g/mol. The van der Waals surface area contributed by atoms with E-state index in [1.807, 2.05) is 0 Å². The van der Waals surface area contributed by atoms with Crippen molar-refractivity contribution in [2.75, 3.05) is 0 Å². The lowest BCUT2D eigenvalue weighted by Crippen LogP contribution is -2.56. The first-order valence-electron chi connectivity index (χ1n) is 7.57. The quantitative estimate of drug-likeness (QED) is 0.898. The number of carbonyl (C=O) groups excluding carboxylic acids is 1. The van der Waals surface area contributed by atoms with Crippen LogP contribution in [-0.2, 0) is 4.79 Å². The van der Waals surface area contributed by atoms with Gasteiger partial charge in [0.1, 0.15) is 5.54 Å². The standard InChI is InChI=1S/C16H18N2O5/c1-10-4-6-16(7-5-10,15(20)21)17-14(19)11-9-13(23-18-11)12-3-2-8-22-12/h2-3,8-10H,4-7H2,1H3,(H,17,19)(H,20,21). The van der Waals surface area contributed by atoms with Crippen LogP contribution in [0.4, 0.5) is 0 Å². The third kappa shape index (κ3) is 2.99. The van der Waals surface area contributed by atoms with E-state index < -0.39 is 17.4 Å². The molecule has 122 valence electrons. The molecule has 2 heterocycles. The van der Waals surface area contributed by atoms with Crippen molar-refractivity contribution in [2.24, 2.45) is 5.92 Å². The van der Waals surface area contributed by atoms with Crippen molar-refractivity contribution in [3.8, 4) is 11.5 Å². The van der Waals surface area contributed by atoms with Gasteiger partial charge in [0.15, 0.2) is 11.5 Å². The van der Waals surface area contributed by atoms with E-state index >= 15 is 0 Å². The number of aromatic nitrogens is 1. The van der Waals surface area contributed by atoms with Crippen LogP contribution in [0.1, 0.15) is 43.1 Å². The van der Waals surface area contributed by atoms with Crippen LogP contribution in [0.3, 0.4) is 0 Å². The average Bonchev–Trinajstić information content (AvgIpc) is 3.20. The van der Waals surface area contributed by atoms with Gasteiger partial charge in [-0.25, -0.2) is 4.79 Å². The summed E-state index contributed by atoms with van der Waals surface area (Å²) in [5.74, 6) is -0.314. The van der Waals surface area contributed by atoms with Gasteiger partial charge >= 0.3 is 5.97 Å². The summed E-state index contributed by atoms with van der Waals surface area (Å²) in [4.78, 5) is 24.0. The third-order valence-electron chi connectivity index (χ3n) is 4.40. The molecule has 2 aromatic heterocycles. The summed E-state index contributed by atoms with van der Waals surface area (Å²) in [6.45, 7) is 2.08. The molecule has 1 amide bonds. The number of hydrogen-bond donors (Lipinski definition) is 2. The molecule has 0 unspecified atom stereocenters. The molecule has 0 atom stereocenters. The minimum absolute atomic E-state index is 0.0376. The SMILES string of the molecule is CC1CCC(NC(=O)c2cc(-c3ccco3)on2)(C(=O)O)CC1. The van der Waals surface area contributed by atoms with Gasteiger partial charge in [-0.05, 0) is 43.7 Å². The smallest absolute Gasteiger partial charge is 0.329 e. The fraction of sp³-hybridized carbons (Fsp3) is 0.438. The van der Waals surface area contributed by atoms with Crippen molar-refractivity contribution >= 4 is 11.9 Å². The first-order valence-corrected chi connectivity index (χ1v) is 7.57. The minimum Gasteiger partial charge on any atom is -0.480 e. The van der Waals surface area contributed by atoms with Crippen LogP contribution in [-0.4, -0.2) is 27.7 Å². The second kappa shape index (κ2) is 5.91. The molecule has 0 radical (unpaired) electrons. The van der Waals surface area contributed by atoms with Crippen molar-refractivity contribution in [3.05, 3.63) is 30.2 Å². The van der Waals surface area contributed by atoms with E-state index in [9.17, 15) is 14.7 Å². The molecule has 2 N–H and O–H groups in total. The highest BCUT2D eigenvalue weighted by atomic mass is 16.5. The van der Waals surface area contributed by atoms with E-state index in [2.05, 4.69) is 17.4 Å². The maximum absolute atomic E-state index is 12.4. The first-order chi connectivity index (χ1) is 11.0. The molecule has 0 spiro atoms. The molecule has 7 nitrogen and oxygen atoms in total. The number of rotatable bonds is 4. The minimum atomic E-state index is -1.23. The Balaban J connectivity index is 1.76. The molecule has 1 aliphatic rings. The number of amides is 1. The number of carboxylic acids is 1. The second-order valence-corrected chi connectivity index (χ2v) is 6.08. The van der Waals surface area contributed by atoms with Crippen LogP contribution in [0.5, 0.6) is 0 Å². The number of carbonyl (C=O) groups is 2. The topological polar surface area (TPSA) is 106 Å². The van der Waals surface area contributed by atoms with Crippen LogP contribution in [0.25, 0.3) is 11.5 Å². The van der Waals surface area contributed by atoms with Crippen molar-refractivity contribution < 1.29 is 23.6 Å². The zero-order valence-corrected chi connectivity index (χ0v) is 12.7. The Bertz CT molecular complexity index is 696. The molecule has 1 fully saturated rings. The lowest BCUT2D eigenvalue weighted by atomic mass is 9.77. The zero-order chi connectivity index (χ0) is 16.4. The van der Waals surface area contributed by atoms with E-state index in [1.54, 1.807) is 12.1 Å². The van der Waals surface area contributed by atoms with Crippen LogP contribution in [0.2, 0.25) is 0 Å². The molecule has 3 rings (SSSR count). The highest BCUT2D eigenvalue weighted by Gasteiger charge is 2.43. The number of nitrogens with zero attached hydrogens (tertiary/aromatic N) is 1. The van der Waals surface area contributed by atoms with Crippen LogP contribution in [0.15, 0.2) is 33.4 Å².